The molecule has 1 saturated heterocycles. The van der Waals surface area contributed by atoms with Crippen LogP contribution in [0.3, 0.4) is 0 Å². The van der Waals surface area contributed by atoms with Gasteiger partial charge in [0, 0.05) is 50.7 Å². The second kappa shape index (κ2) is 6.75. The predicted molar refractivity (Wildman–Crippen MR) is 96.4 cm³/mol. The minimum Gasteiger partial charge on any atom is -0.336 e. The molecule has 0 bridgehead atoms. The molecule has 2 fully saturated rings. The molecule has 1 aliphatic carbocycles. The van der Waals surface area contributed by atoms with Crippen LogP contribution < -0.4 is 0 Å². The molecule has 1 saturated carbocycles. The van der Waals surface area contributed by atoms with Gasteiger partial charge in [0.25, 0.3) is 5.91 Å². The molecule has 1 aliphatic heterocycles. The molecule has 0 spiro atoms. The van der Waals surface area contributed by atoms with Crippen LogP contribution in [0, 0.1) is 11.8 Å². The van der Waals surface area contributed by atoms with E-state index in [1.54, 1.807) is 16.8 Å². The summed E-state index contributed by atoms with van der Waals surface area (Å²) in [6.07, 6.45) is 7.33. The maximum atomic E-state index is 13.0. The number of aromatic nitrogens is 3. The molecular weight excluding hydrogens is 314 g/mol. The number of carbonyl (C=O) groups is 1. The summed E-state index contributed by atoms with van der Waals surface area (Å²) < 4.78 is 1.67. The fraction of sp³-hybridized carbons (Fsp3) is 0.632. The van der Waals surface area contributed by atoms with Crippen LogP contribution in [0.15, 0.2) is 24.5 Å². The third kappa shape index (κ3) is 3.54. The van der Waals surface area contributed by atoms with Crippen LogP contribution in [0.2, 0.25) is 0 Å². The standard InChI is InChI=1S/C19H27N5O/c1-14(2)17-13-23(9-4-8-22(17)12-15-5-6-15)19(25)16-11-18-20-7-3-10-24(18)21-16/h3,7,10-11,14-15,17H,4-6,8-9,12-13H2,1-2H3. The Kier molecular flexibility index (Phi) is 4.46. The fourth-order valence-electron chi connectivity index (χ4n) is 3.84. The minimum atomic E-state index is 0.0319. The third-order valence-electron chi connectivity index (χ3n) is 5.45. The van der Waals surface area contributed by atoms with Gasteiger partial charge in [-0.05, 0) is 37.2 Å². The number of carbonyl (C=O) groups excluding carboxylic acids is 1. The van der Waals surface area contributed by atoms with Crippen molar-refractivity contribution in [3.8, 4) is 0 Å². The van der Waals surface area contributed by atoms with Gasteiger partial charge in [-0.3, -0.25) is 9.69 Å². The summed E-state index contributed by atoms with van der Waals surface area (Å²) in [5.74, 6) is 1.45. The molecule has 0 aromatic carbocycles. The van der Waals surface area contributed by atoms with E-state index in [9.17, 15) is 4.79 Å². The lowest BCUT2D eigenvalue weighted by atomic mass is 10.0. The van der Waals surface area contributed by atoms with Crippen LogP contribution >= 0.6 is 0 Å². The van der Waals surface area contributed by atoms with Crippen molar-refractivity contribution in [3.05, 3.63) is 30.2 Å². The van der Waals surface area contributed by atoms with Crippen molar-refractivity contribution in [1.82, 2.24) is 24.4 Å². The van der Waals surface area contributed by atoms with Crippen molar-refractivity contribution < 1.29 is 4.79 Å². The molecule has 2 aliphatic rings. The first-order chi connectivity index (χ1) is 12.1. The summed E-state index contributed by atoms with van der Waals surface area (Å²) in [6.45, 7) is 8.44. The van der Waals surface area contributed by atoms with Gasteiger partial charge in [-0.15, -0.1) is 0 Å². The lowest BCUT2D eigenvalue weighted by molar-refractivity contribution is 0.0698. The van der Waals surface area contributed by atoms with Crippen LogP contribution in [0.4, 0.5) is 0 Å². The normalized spacial score (nSPS) is 22.5. The monoisotopic (exact) mass is 341 g/mol. The number of amides is 1. The Bertz CT molecular complexity index is 718. The zero-order valence-electron chi connectivity index (χ0n) is 15.1. The average molecular weight is 341 g/mol. The molecule has 2 aromatic rings. The highest BCUT2D eigenvalue weighted by molar-refractivity contribution is 5.93. The first-order valence-corrected chi connectivity index (χ1v) is 9.45. The smallest absolute Gasteiger partial charge is 0.274 e. The number of rotatable bonds is 4. The summed E-state index contributed by atoms with van der Waals surface area (Å²) in [7, 11) is 0. The molecule has 2 aromatic heterocycles. The van der Waals surface area contributed by atoms with Gasteiger partial charge in [-0.1, -0.05) is 13.8 Å². The van der Waals surface area contributed by atoms with Crippen molar-refractivity contribution in [1.29, 1.82) is 0 Å². The Balaban J connectivity index is 1.53. The van der Waals surface area contributed by atoms with Crippen molar-refractivity contribution in [2.75, 3.05) is 26.2 Å². The third-order valence-corrected chi connectivity index (χ3v) is 5.45. The first kappa shape index (κ1) is 16.5. The zero-order chi connectivity index (χ0) is 17.4. The summed E-state index contributed by atoms with van der Waals surface area (Å²) >= 11 is 0. The van der Waals surface area contributed by atoms with Gasteiger partial charge in [0.15, 0.2) is 11.3 Å². The molecule has 1 amide bonds. The van der Waals surface area contributed by atoms with E-state index < -0.39 is 0 Å². The van der Waals surface area contributed by atoms with E-state index in [-0.39, 0.29) is 5.91 Å². The van der Waals surface area contributed by atoms with Gasteiger partial charge in [0.05, 0.1) is 0 Å². The van der Waals surface area contributed by atoms with Crippen LogP contribution in [0.1, 0.15) is 43.6 Å². The second-order valence-electron chi connectivity index (χ2n) is 7.81. The summed E-state index contributed by atoms with van der Waals surface area (Å²) in [4.78, 5) is 21.9. The van der Waals surface area contributed by atoms with Crippen LogP contribution in [-0.2, 0) is 0 Å². The summed E-state index contributed by atoms with van der Waals surface area (Å²) in [5.41, 5.74) is 1.22. The highest BCUT2D eigenvalue weighted by Gasteiger charge is 2.33. The molecule has 1 unspecified atom stereocenters. The highest BCUT2D eigenvalue weighted by Crippen LogP contribution is 2.32. The fourth-order valence-corrected chi connectivity index (χ4v) is 3.84. The molecule has 1 atom stereocenters. The lowest BCUT2D eigenvalue weighted by Crippen LogP contribution is -2.46. The molecule has 25 heavy (non-hydrogen) atoms. The van der Waals surface area contributed by atoms with Crippen LogP contribution in [-0.4, -0.2) is 62.5 Å². The highest BCUT2D eigenvalue weighted by atomic mass is 16.2. The molecular formula is C19H27N5O. The molecule has 6 heteroatoms. The Morgan fingerprint density at radius 3 is 2.88 bits per heavy atom. The van der Waals surface area contributed by atoms with E-state index in [2.05, 4.69) is 28.8 Å². The zero-order valence-corrected chi connectivity index (χ0v) is 15.1. The molecule has 134 valence electrons. The van der Waals surface area contributed by atoms with E-state index in [4.69, 9.17) is 0 Å². The molecule has 0 radical (unpaired) electrons. The van der Waals surface area contributed by atoms with Gasteiger partial charge in [0.1, 0.15) is 0 Å². The van der Waals surface area contributed by atoms with E-state index in [0.29, 0.717) is 17.7 Å². The predicted octanol–water partition coefficient (Wildman–Crippen LogP) is 2.31. The van der Waals surface area contributed by atoms with Crippen LogP contribution in [0.5, 0.6) is 0 Å². The van der Waals surface area contributed by atoms with Gasteiger partial charge >= 0.3 is 0 Å². The molecule has 4 rings (SSSR count). The number of hydrogen-bond acceptors (Lipinski definition) is 4. The Hall–Kier alpha value is -1.95. The van der Waals surface area contributed by atoms with Gasteiger partial charge in [0.2, 0.25) is 0 Å². The first-order valence-electron chi connectivity index (χ1n) is 9.45. The van der Waals surface area contributed by atoms with Crippen molar-refractivity contribution in [3.63, 3.8) is 0 Å². The van der Waals surface area contributed by atoms with E-state index in [1.807, 2.05) is 17.2 Å². The largest absolute Gasteiger partial charge is 0.336 e. The Labute approximate surface area is 148 Å². The molecule has 3 heterocycles. The SMILES string of the molecule is CC(C)C1CN(C(=O)c2cc3ncccn3n2)CCCN1CC1CC1. The number of fused-ring (bicyclic) bond motifs is 1. The summed E-state index contributed by atoms with van der Waals surface area (Å²) in [6, 6.07) is 4.05. The van der Waals surface area contributed by atoms with E-state index >= 15 is 0 Å². The van der Waals surface area contributed by atoms with Crippen molar-refractivity contribution in [2.45, 2.75) is 39.2 Å². The maximum absolute atomic E-state index is 13.0. The van der Waals surface area contributed by atoms with Gasteiger partial charge in [-0.2, -0.15) is 5.10 Å². The number of hydrogen-bond donors (Lipinski definition) is 0. The van der Waals surface area contributed by atoms with Crippen molar-refractivity contribution >= 4 is 11.6 Å². The van der Waals surface area contributed by atoms with Crippen LogP contribution in [0.25, 0.3) is 5.65 Å². The number of nitrogens with zero attached hydrogens (tertiary/aromatic N) is 5. The van der Waals surface area contributed by atoms with Gasteiger partial charge < -0.3 is 4.90 Å². The topological polar surface area (TPSA) is 53.7 Å². The molecule has 0 N–H and O–H groups in total. The Morgan fingerprint density at radius 2 is 2.16 bits per heavy atom. The summed E-state index contributed by atoms with van der Waals surface area (Å²) in [5, 5.41) is 4.42. The van der Waals surface area contributed by atoms with Crippen molar-refractivity contribution in [2.24, 2.45) is 11.8 Å². The van der Waals surface area contributed by atoms with E-state index in [0.717, 1.165) is 37.6 Å². The average Bonchev–Trinajstić information content (AvgIpc) is 3.35. The minimum absolute atomic E-state index is 0.0319. The lowest BCUT2D eigenvalue weighted by Gasteiger charge is -2.34. The second-order valence-corrected chi connectivity index (χ2v) is 7.81. The van der Waals surface area contributed by atoms with Gasteiger partial charge in [-0.25, -0.2) is 9.50 Å². The molecule has 6 nitrogen and oxygen atoms in total. The maximum Gasteiger partial charge on any atom is 0.274 e. The Morgan fingerprint density at radius 1 is 1.32 bits per heavy atom. The quantitative estimate of drug-likeness (QED) is 0.856. The van der Waals surface area contributed by atoms with E-state index in [1.165, 1.54) is 19.4 Å².